The van der Waals surface area contributed by atoms with Gasteiger partial charge in [0, 0.05) is 6.54 Å². The molecule has 1 atom stereocenters. The molecule has 0 radical (unpaired) electrons. The van der Waals surface area contributed by atoms with Crippen LogP contribution in [0, 0.1) is 0 Å². The summed E-state index contributed by atoms with van der Waals surface area (Å²) in [6, 6.07) is 0. The minimum Gasteiger partial charge on any atom is -0.480 e. The SMILES string of the molecule is CCCNC(=O)CSC(CC)C(=O)O. The number of rotatable bonds is 7. The molecule has 5 heteroatoms. The van der Waals surface area contributed by atoms with Crippen molar-refractivity contribution in [3.8, 4) is 0 Å². The van der Waals surface area contributed by atoms with Crippen molar-refractivity contribution in [2.75, 3.05) is 12.3 Å². The van der Waals surface area contributed by atoms with Crippen LogP contribution in [0.15, 0.2) is 0 Å². The lowest BCUT2D eigenvalue weighted by atomic mass is 10.3. The number of carboxylic acids is 1. The van der Waals surface area contributed by atoms with Crippen LogP contribution >= 0.6 is 11.8 Å². The molecule has 0 rings (SSSR count). The molecule has 1 amide bonds. The molecule has 0 bridgehead atoms. The first-order chi connectivity index (χ1) is 6.61. The van der Waals surface area contributed by atoms with E-state index in [0.717, 1.165) is 6.42 Å². The highest BCUT2D eigenvalue weighted by Crippen LogP contribution is 2.13. The predicted octanol–water partition coefficient (Wildman–Crippen LogP) is 1.11. The van der Waals surface area contributed by atoms with Crippen molar-refractivity contribution in [1.29, 1.82) is 0 Å². The zero-order valence-electron chi connectivity index (χ0n) is 8.58. The van der Waals surface area contributed by atoms with E-state index in [1.165, 1.54) is 11.8 Å². The first-order valence-corrected chi connectivity index (χ1v) is 5.77. The quantitative estimate of drug-likeness (QED) is 0.673. The molecule has 0 aromatic heterocycles. The normalized spacial score (nSPS) is 12.1. The maximum Gasteiger partial charge on any atom is 0.316 e. The average molecular weight is 219 g/mol. The Balaban J connectivity index is 3.68. The zero-order chi connectivity index (χ0) is 11.0. The summed E-state index contributed by atoms with van der Waals surface area (Å²) in [4.78, 5) is 21.7. The van der Waals surface area contributed by atoms with Crippen molar-refractivity contribution in [3.63, 3.8) is 0 Å². The first-order valence-electron chi connectivity index (χ1n) is 4.72. The lowest BCUT2D eigenvalue weighted by Crippen LogP contribution is -2.27. The van der Waals surface area contributed by atoms with E-state index < -0.39 is 11.2 Å². The summed E-state index contributed by atoms with van der Waals surface area (Å²) in [5.41, 5.74) is 0. The first kappa shape index (κ1) is 13.3. The number of nitrogens with one attached hydrogen (secondary N) is 1. The minimum atomic E-state index is -0.846. The number of thioether (sulfide) groups is 1. The largest absolute Gasteiger partial charge is 0.480 e. The van der Waals surface area contributed by atoms with Crippen molar-refractivity contribution in [1.82, 2.24) is 5.32 Å². The van der Waals surface area contributed by atoms with Crippen molar-refractivity contribution < 1.29 is 14.7 Å². The van der Waals surface area contributed by atoms with Crippen molar-refractivity contribution in [3.05, 3.63) is 0 Å². The fourth-order valence-electron chi connectivity index (χ4n) is 0.855. The van der Waals surface area contributed by atoms with Crippen LogP contribution in [0.4, 0.5) is 0 Å². The molecule has 14 heavy (non-hydrogen) atoms. The van der Waals surface area contributed by atoms with Crippen LogP contribution in [0.5, 0.6) is 0 Å². The van der Waals surface area contributed by atoms with Crippen LogP contribution in [0.25, 0.3) is 0 Å². The van der Waals surface area contributed by atoms with Gasteiger partial charge in [-0.25, -0.2) is 0 Å². The fourth-order valence-corrected chi connectivity index (χ4v) is 1.69. The Morgan fingerprint density at radius 1 is 1.43 bits per heavy atom. The van der Waals surface area contributed by atoms with Gasteiger partial charge >= 0.3 is 5.97 Å². The van der Waals surface area contributed by atoms with Crippen molar-refractivity contribution in [2.24, 2.45) is 0 Å². The standard InChI is InChI=1S/C9H17NO3S/c1-3-5-10-8(11)6-14-7(4-2)9(12)13/h7H,3-6H2,1-2H3,(H,10,11)(H,12,13). The Hall–Kier alpha value is -0.710. The lowest BCUT2D eigenvalue weighted by molar-refractivity contribution is -0.136. The molecule has 4 nitrogen and oxygen atoms in total. The maximum atomic E-state index is 11.1. The van der Waals surface area contributed by atoms with E-state index in [1.807, 2.05) is 6.92 Å². The molecule has 0 aromatic carbocycles. The molecule has 0 heterocycles. The Morgan fingerprint density at radius 2 is 2.07 bits per heavy atom. The van der Waals surface area contributed by atoms with Gasteiger partial charge < -0.3 is 10.4 Å². The number of amides is 1. The number of carbonyl (C=O) groups is 2. The van der Waals surface area contributed by atoms with E-state index in [9.17, 15) is 9.59 Å². The van der Waals surface area contributed by atoms with E-state index in [1.54, 1.807) is 6.92 Å². The summed E-state index contributed by atoms with van der Waals surface area (Å²) >= 11 is 1.18. The number of hydrogen-bond donors (Lipinski definition) is 2. The Kier molecular flexibility index (Phi) is 7.28. The molecule has 0 saturated heterocycles. The molecule has 0 aliphatic heterocycles. The number of carbonyl (C=O) groups excluding carboxylic acids is 1. The lowest BCUT2D eigenvalue weighted by Gasteiger charge is -2.08. The smallest absolute Gasteiger partial charge is 0.316 e. The van der Waals surface area contributed by atoms with Gasteiger partial charge in [0.1, 0.15) is 5.25 Å². The second-order valence-electron chi connectivity index (χ2n) is 2.90. The molecule has 0 aliphatic carbocycles. The van der Waals surface area contributed by atoms with Gasteiger partial charge in [0.2, 0.25) is 5.91 Å². The van der Waals surface area contributed by atoms with Crippen molar-refractivity contribution in [2.45, 2.75) is 31.9 Å². The van der Waals surface area contributed by atoms with Crippen LogP contribution < -0.4 is 5.32 Å². The average Bonchev–Trinajstić information content (AvgIpc) is 2.15. The molecular formula is C9H17NO3S. The van der Waals surface area contributed by atoms with Crippen LogP contribution in [0.3, 0.4) is 0 Å². The summed E-state index contributed by atoms with van der Waals surface area (Å²) in [6.07, 6.45) is 1.44. The number of aliphatic carboxylic acids is 1. The minimum absolute atomic E-state index is 0.0865. The van der Waals surface area contributed by atoms with E-state index in [-0.39, 0.29) is 11.7 Å². The topological polar surface area (TPSA) is 66.4 Å². The third-order valence-corrected chi connectivity index (χ3v) is 3.00. The second-order valence-corrected chi connectivity index (χ2v) is 4.09. The molecule has 82 valence electrons. The van der Waals surface area contributed by atoms with E-state index in [0.29, 0.717) is 13.0 Å². The molecule has 0 aliphatic rings. The van der Waals surface area contributed by atoms with Crippen LogP contribution in [0.2, 0.25) is 0 Å². The number of carboxylic acid groups (broad SMARTS) is 1. The third kappa shape index (κ3) is 5.85. The van der Waals surface area contributed by atoms with Gasteiger partial charge in [-0.05, 0) is 12.8 Å². The monoisotopic (exact) mass is 219 g/mol. The molecule has 2 N–H and O–H groups in total. The van der Waals surface area contributed by atoms with Crippen LogP contribution in [-0.2, 0) is 9.59 Å². The summed E-state index contributed by atoms with van der Waals surface area (Å²) in [5, 5.41) is 10.9. The molecular weight excluding hydrogens is 202 g/mol. The zero-order valence-corrected chi connectivity index (χ0v) is 9.39. The van der Waals surface area contributed by atoms with E-state index >= 15 is 0 Å². The fraction of sp³-hybridized carbons (Fsp3) is 0.778. The van der Waals surface area contributed by atoms with E-state index in [2.05, 4.69) is 5.32 Å². The second kappa shape index (κ2) is 7.67. The van der Waals surface area contributed by atoms with E-state index in [4.69, 9.17) is 5.11 Å². The Morgan fingerprint density at radius 3 is 2.50 bits per heavy atom. The van der Waals surface area contributed by atoms with Gasteiger partial charge in [-0.15, -0.1) is 11.8 Å². The summed E-state index contributed by atoms with van der Waals surface area (Å²) in [5.74, 6) is -0.706. The molecule has 0 aromatic rings. The van der Waals surface area contributed by atoms with Crippen LogP contribution in [-0.4, -0.2) is 34.5 Å². The predicted molar refractivity (Wildman–Crippen MR) is 57.5 cm³/mol. The Labute approximate surface area is 88.4 Å². The van der Waals surface area contributed by atoms with Gasteiger partial charge in [0.25, 0.3) is 0 Å². The molecule has 0 spiro atoms. The van der Waals surface area contributed by atoms with Gasteiger partial charge in [0.05, 0.1) is 5.75 Å². The van der Waals surface area contributed by atoms with Gasteiger partial charge in [-0.1, -0.05) is 13.8 Å². The van der Waals surface area contributed by atoms with Crippen molar-refractivity contribution >= 4 is 23.6 Å². The summed E-state index contributed by atoms with van der Waals surface area (Å²) in [6.45, 7) is 4.43. The number of hydrogen-bond acceptors (Lipinski definition) is 3. The highest BCUT2D eigenvalue weighted by atomic mass is 32.2. The van der Waals surface area contributed by atoms with Crippen LogP contribution in [0.1, 0.15) is 26.7 Å². The summed E-state index contributed by atoms with van der Waals surface area (Å²) in [7, 11) is 0. The van der Waals surface area contributed by atoms with Gasteiger partial charge in [-0.2, -0.15) is 0 Å². The highest BCUT2D eigenvalue weighted by molar-refractivity contribution is 8.01. The molecule has 0 fully saturated rings. The summed E-state index contributed by atoms with van der Waals surface area (Å²) < 4.78 is 0. The van der Waals surface area contributed by atoms with Gasteiger partial charge in [0.15, 0.2) is 0 Å². The highest BCUT2D eigenvalue weighted by Gasteiger charge is 2.16. The maximum absolute atomic E-state index is 11.1. The van der Waals surface area contributed by atoms with Gasteiger partial charge in [-0.3, -0.25) is 9.59 Å². The third-order valence-electron chi connectivity index (χ3n) is 1.63. The molecule has 1 unspecified atom stereocenters. The molecule has 0 saturated carbocycles. The Bertz CT molecular complexity index is 196.